The molecule has 3 aliphatic rings. The van der Waals surface area contributed by atoms with Crippen LogP contribution in [0.15, 0.2) is 59.1 Å². The van der Waals surface area contributed by atoms with Crippen molar-refractivity contribution in [1.29, 1.82) is 0 Å². The van der Waals surface area contributed by atoms with Gasteiger partial charge >= 0.3 is 0 Å². The van der Waals surface area contributed by atoms with Gasteiger partial charge in [-0.05, 0) is 46.2 Å². The van der Waals surface area contributed by atoms with Crippen molar-refractivity contribution in [2.75, 3.05) is 0 Å². The van der Waals surface area contributed by atoms with Gasteiger partial charge in [-0.15, -0.1) is 0 Å². The van der Waals surface area contributed by atoms with Gasteiger partial charge in [-0.25, -0.2) is 4.39 Å². The molecule has 2 aliphatic carbocycles. The molecule has 0 bridgehead atoms. The van der Waals surface area contributed by atoms with Crippen LogP contribution in [-0.2, 0) is 20.9 Å². The number of carbonyl (C=O) groups excluding carboxylic acids is 2. The molecule has 0 N–H and O–H groups in total. The second-order valence-electron chi connectivity index (χ2n) is 11.8. The zero-order chi connectivity index (χ0) is 26.7. The standard InChI is InChI=1S/C30H29Cl2FO4/c1-29(2)11-21(34)26-23(13-29)37-24-14-30(3,4)12-22(35)27(24)25(26)17-9-19(31)28(20(32)10-17)36-15-16-6-5-7-18(33)8-16/h5-10,25H,11-15H2,1-4H3. The van der Waals surface area contributed by atoms with E-state index in [1.807, 2.05) is 27.7 Å². The van der Waals surface area contributed by atoms with E-state index in [9.17, 15) is 14.0 Å². The fourth-order valence-electron chi connectivity index (χ4n) is 5.67. The summed E-state index contributed by atoms with van der Waals surface area (Å²) in [4.78, 5) is 26.9. The van der Waals surface area contributed by atoms with Crippen molar-refractivity contribution in [1.82, 2.24) is 0 Å². The molecule has 0 fully saturated rings. The van der Waals surface area contributed by atoms with Gasteiger partial charge in [-0.2, -0.15) is 0 Å². The molecule has 0 unspecified atom stereocenters. The molecule has 0 aromatic heterocycles. The number of hydrogen-bond acceptors (Lipinski definition) is 4. The number of Topliss-reactive ketones (excluding diaryl/α,β-unsaturated/α-hetero) is 2. The predicted octanol–water partition coefficient (Wildman–Crippen LogP) is 8.11. The minimum absolute atomic E-state index is 0.0286. The molecule has 0 saturated carbocycles. The molecule has 0 atom stereocenters. The predicted molar refractivity (Wildman–Crippen MR) is 141 cm³/mol. The lowest BCUT2D eigenvalue weighted by atomic mass is 9.65. The van der Waals surface area contributed by atoms with E-state index in [0.717, 1.165) is 0 Å². The first-order chi connectivity index (χ1) is 17.3. The summed E-state index contributed by atoms with van der Waals surface area (Å²) in [6.07, 6.45) is 1.94. The molecule has 2 aromatic rings. The van der Waals surface area contributed by atoms with Crippen LogP contribution in [0.25, 0.3) is 0 Å². The van der Waals surface area contributed by atoms with E-state index >= 15 is 0 Å². The average Bonchev–Trinajstić information content (AvgIpc) is 2.75. The van der Waals surface area contributed by atoms with Gasteiger partial charge in [0.05, 0.1) is 10.0 Å². The van der Waals surface area contributed by atoms with Gasteiger partial charge in [0.1, 0.15) is 23.9 Å². The van der Waals surface area contributed by atoms with Crippen molar-refractivity contribution in [2.45, 2.75) is 65.9 Å². The summed E-state index contributed by atoms with van der Waals surface area (Å²) in [6, 6.07) is 9.51. The summed E-state index contributed by atoms with van der Waals surface area (Å²) in [5.74, 6) is 0.515. The van der Waals surface area contributed by atoms with E-state index in [1.165, 1.54) is 12.1 Å². The second kappa shape index (κ2) is 9.28. The van der Waals surface area contributed by atoms with Crippen molar-refractivity contribution in [3.05, 3.63) is 86.1 Å². The molecule has 0 saturated heterocycles. The molecule has 37 heavy (non-hydrogen) atoms. The van der Waals surface area contributed by atoms with Crippen LogP contribution in [0.5, 0.6) is 5.75 Å². The normalized spacial score (nSPS) is 20.9. The van der Waals surface area contributed by atoms with Crippen LogP contribution in [0.1, 0.15) is 70.4 Å². The minimum atomic E-state index is -0.599. The number of rotatable bonds is 4. The Morgan fingerprint density at radius 1 is 0.892 bits per heavy atom. The van der Waals surface area contributed by atoms with Gasteiger partial charge in [-0.1, -0.05) is 63.0 Å². The molecule has 0 radical (unpaired) electrons. The third-order valence-corrected chi connectivity index (χ3v) is 7.77. The quantitative estimate of drug-likeness (QED) is 0.391. The molecular weight excluding hydrogens is 514 g/mol. The summed E-state index contributed by atoms with van der Waals surface area (Å²) in [6.45, 7) is 8.27. The van der Waals surface area contributed by atoms with Gasteiger partial charge in [0, 0.05) is 42.7 Å². The Hall–Kier alpha value is -2.63. The van der Waals surface area contributed by atoms with E-state index in [1.54, 1.807) is 24.3 Å². The highest BCUT2D eigenvalue weighted by Gasteiger charge is 2.48. The van der Waals surface area contributed by atoms with E-state index in [-0.39, 0.29) is 50.6 Å². The smallest absolute Gasteiger partial charge is 0.163 e. The van der Waals surface area contributed by atoms with Gasteiger partial charge in [-0.3, -0.25) is 9.59 Å². The molecule has 5 rings (SSSR count). The van der Waals surface area contributed by atoms with E-state index in [4.69, 9.17) is 32.7 Å². The highest BCUT2D eigenvalue weighted by atomic mass is 35.5. The van der Waals surface area contributed by atoms with Crippen molar-refractivity contribution in [3.8, 4) is 5.75 Å². The Morgan fingerprint density at radius 2 is 1.43 bits per heavy atom. The van der Waals surface area contributed by atoms with Crippen LogP contribution in [0.3, 0.4) is 0 Å². The number of benzene rings is 2. The monoisotopic (exact) mass is 542 g/mol. The second-order valence-corrected chi connectivity index (χ2v) is 12.6. The molecular formula is C30H29Cl2FO4. The van der Waals surface area contributed by atoms with Crippen molar-refractivity contribution >= 4 is 34.8 Å². The molecule has 1 heterocycles. The maximum Gasteiger partial charge on any atom is 0.163 e. The SMILES string of the molecule is CC1(C)CC(=O)C2=C(C1)OC1=C(C(=O)CC(C)(C)C1)C2c1cc(Cl)c(OCc2cccc(F)c2)c(Cl)c1. The first kappa shape index (κ1) is 26.0. The molecule has 7 heteroatoms. The summed E-state index contributed by atoms with van der Waals surface area (Å²) in [7, 11) is 0. The first-order valence-electron chi connectivity index (χ1n) is 12.4. The van der Waals surface area contributed by atoms with Gasteiger partial charge in [0.25, 0.3) is 0 Å². The lowest BCUT2D eigenvalue weighted by Gasteiger charge is -2.42. The highest BCUT2D eigenvalue weighted by Crippen LogP contribution is 2.54. The molecule has 0 amide bonds. The van der Waals surface area contributed by atoms with Crippen molar-refractivity contribution < 1.29 is 23.5 Å². The van der Waals surface area contributed by atoms with Crippen LogP contribution in [-0.4, -0.2) is 11.6 Å². The van der Waals surface area contributed by atoms with E-state index in [2.05, 4.69) is 0 Å². The molecule has 2 aromatic carbocycles. The van der Waals surface area contributed by atoms with Crippen LogP contribution in [0.4, 0.5) is 4.39 Å². The van der Waals surface area contributed by atoms with E-state index in [0.29, 0.717) is 59.5 Å². The Morgan fingerprint density at radius 3 is 1.95 bits per heavy atom. The molecule has 0 spiro atoms. The van der Waals surface area contributed by atoms with Crippen LogP contribution in [0, 0.1) is 16.6 Å². The van der Waals surface area contributed by atoms with Gasteiger partial charge in [0.2, 0.25) is 0 Å². The third kappa shape index (κ3) is 5.08. The Balaban J connectivity index is 1.57. The fraction of sp³-hybridized carbons (Fsp3) is 0.400. The number of hydrogen-bond donors (Lipinski definition) is 0. The van der Waals surface area contributed by atoms with Crippen molar-refractivity contribution in [3.63, 3.8) is 0 Å². The Bertz CT molecular complexity index is 1310. The lowest BCUT2D eigenvalue weighted by molar-refractivity contribution is -0.120. The number of halogens is 3. The number of ketones is 2. The zero-order valence-corrected chi connectivity index (χ0v) is 22.9. The largest absolute Gasteiger partial charge is 0.486 e. The Labute approximate surface area is 226 Å². The highest BCUT2D eigenvalue weighted by molar-refractivity contribution is 6.37. The maximum atomic E-state index is 13.6. The fourth-order valence-corrected chi connectivity index (χ4v) is 6.29. The summed E-state index contributed by atoms with van der Waals surface area (Å²) >= 11 is 13.3. The van der Waals surface area contributed by atoms with Gasteiger partial charge in [0.15, 0.2) is 17.3 Å². The summed E-state index contributed by atoms with van der Waals surface area (Å²) in [5.41, 5.74) is 1.85. The first-order valence-corrected chi connectivity index (χ1v) is 13.2. The molecule has 1 aliphatic heterocycles. The average molecular weight is 543 g/mol. The molecule has 4 nitrogen and oxygen atoms in total. The van der Waals surface area contributed by atoms with Crippen LogP contribution < -0.4 is 4.74 Å². The Kier molecular flexibility index (Phi) is 6.52. The zero-order valence-electron chi connectivity index (χ0n) is 21.3. The number of ether oxygens (including phenoxy) is 2. The number of allylic oxidation sites excluding steroid dienone is 4. The van der Waals surface area contributed by atoms with Crippen LogP contribution in [0.2, 0.25) is 10.0 Å². The minimum Gasteiger partial charge on any atom is -0.486 e. The van der Waals surface area contributed by atoms with Crippen molar-refractivity contribution in [2.24, 2.45) is 10.8 Å². The lowest BCUT2D eigenvalue weighted by Crippen LogP contribution is -2.37. The number of carbonyl (C=O) groups is 2. The maximum absolute atomic E-state index is 13.6. The topological polar surface area (TPSA) is 52.6 Å². The van der Waals surface area contributed by atoms with Crippen LogP contribution >= 0.6 is 23.2 Å². The third-order valence-electron chi connectivity index (χ3n) is 7.21. The van der Waals surface area contributed by atoms with Gasteiger partial charge < -0.3 is 9.47 Å². The summed E-state index contributed by atoms with van der Waals surface area (Å²) in [5, 5.41) is 0.503. The molecule has 194 valence electrons. The van der Waals surface area contributed by atoms with E-state index < -0.39 is 5.92 Å². The summed E-state index contributed by atoms with van der Waals surface area (Å²) < 4.78 is 25.7.